The van der Waals surface area contributed by atoms with Crippen LogP contribution in [0.3, 0.4) is 0 Å². The van der Waals surface area contributed by atoms with E-state index in [1.165, 1.54) is 0 Å². The molecule has 4 nitrogen and oxygen atoms in total. The highest BCUT2D eigenvalue weighted by atomic mass is 16.2. The van der Waals surface area contributed by atoms with Gasteiger partial charge < -0.3 is 4.81 Å². The molecular formula is C6H4BN3O. The number of amides is 1. The Balaban J connectivity index is 2.55. The molecule has 2 rings (SSSR count). The van der Waals surface area contributed by atoms with Crippen LogP contribution in [0.2, 0.25) is 0 Å². The molecular weight excluding hydrogens is 141 g/mol. The zero-order valence-corrected chi connectivity index (χ0v) is 5.69. The first kappa shape index (κ1) is 6.33. The van der Waals surface area contributed by atoms with Gasteiger partial charge in [0.1, 0.15) is 0 Å². The molecule has 0 aromatic carbocycles. The number of nitrogens with zero attached hydrogens (tertiary/aromatic N) is 3. The summed E-state index contributed by atoms with van der Waals surface area (Å²) in [4.78, 5) is 12.2. The van der Waals surface area contributed by atoms with Crippen molar-refractivity contribution in [3.8, 4) is 0 Å². The second-order valence-corrected chi connectivity index (χ2v) is 2.34. The van der Waals surface area contributed by atoms with Crippen molar-refractivity contribution in [2.75, 3.05) is 0 Å². The zero-order chi connectivity index (χ0) is 7.84. The molecule has 0 N–H and O–H groups in total. The summed E-state index contributed by atoms with van der Waals surface area (Å²) in [5, 5.41) is 7.26. The Bertz CT molecular complexity index is 314. The summed E-state index contributed by atoms with van der Waals surface area (Å²) in [7, 11) is 5.34. The second-order valence-electron chi connectivity index (χ2n) is 2.34. The topological polar surface area (TPSA) is 46.1 Å². The molecule has 0 bridgehead atoms. The van der Waals surface area contributed by atoms with Crippen molar-refractivity contribution in [2.45, 2.75) is 6.54 Å². The summed E-state index contributed by atoms with van der Waals surface area (Å²) in [6.45, 7) is 0.434. The normalized spacial score (nSPS) is 15.3. The Morgan fingerprint density at radius 2 is 2.45 bits per heavy atom. The standard InChI is InChI=1S/C6H4BN3O/c7-10-3-4-1-2-8-9-5(4)6(10)11/h1-2H,3H2. The Morgan fingerprint density at radius 3 is 3.18 bits per heavy atom. The number of carbonyl (C=O) groups is 1. The van der Waals surface area contributed by atoms with E-state index in [4.69, 9.17) is 7.98 Å². The maximum Gasteiger partial charge on any atom is 0.262 e. The lowest BCUT2D eigenvalue weighted by molar-refractivity contribution is 0.0875. The van der Waals surface area contributed by atoms with Gasteiger partial charge in [-0.3, -0.25) is 4.79 Å². The summed E-state index contributed by atoms with van der Waals surface area (Å²) in [6.07, 6.45) is 1.55. The van der Waals surface area contributed by atoms with Gasteiger partial charge in [0.25, 0.3) is 5.91 Å². The van der Waals surface area contributed by atoms with E-state index >= 15 is 0 Å². The van der Waals surface area contributed by atoms with Crippen LogP contribution in [0.4, 0.5) is 0 Å². The van der Waals surface area contributed by atoms with Crippen LogP contribution in [-0.4, -0.2) is 28.9 Å². The van der Waals surface area contributed by atoms with Crippen LogP contribution in [0.1, 0.15) is 16.1 Å². The molecule has 2 heterocycles. The third kappa shape index (κ3) is 0.807. The van der Waals surface area contributed by atoms with Crippen molar-refractivity contribution < 1.29 is 4.79 Å². The predicted molar refractivity (Wildman–Crippen MR) is 37.7 cm³/mol. The fraction of sp³-hybridized carbons (Fsp3) is 0.167. The molecule has 0 atom stereocenters. The first-order valence-corrected chi connectivity index (χ1v) is 3.16. The molecule has 0 unspecified atom stereocenters. The van der Waals surface area contributed by atoms with Gasteiger partial charge in [0.15, 0.2) is 5.69 Å². The van der Waals surface area contributed by atoms with E-state index in [0.29, 0.717) is 12.2 Å². The minimum absolute atomic E-state index is 0.256. The lowest BCUT2D eigenvalue weighted by Crippen LogP contribution is -2.20. The molecule has 1 aliphatic heterocycles. The molecule has 0 saturated heterocycles. The Labute approximate surface area is 64.7 Å². The Kier molecular flexibility index (Phi) is 1.18. The van der Waals surface area contributed by atoms with Gasteiger partial charge >= 0.3 is 0 Å². The van der Waals surface area contributed by atoms with E-state index < -0.39 is 0 Å². The zero-order valence-electron chi connectivity index (χ0n) is 5.69. The molecule has 52 valence electrons. The van der Waals surface area contributed by atoms with Crippen LogP contribution in [0.5, 0.6) is 0 Å². The maximum absolute atomic E-state index is 11.1. The molecule has 5 heteroatoms. The molecule has 2 radical (unpaired) electrons. The quantitative estimate of drug-likeness (QED) is 0.463. The van der Waals surface area contributed by atoms with E-state index in [9.17, 15) is 4.79 Å². The minimum Gasteiger partial charge on any atom is -0.387 e. The smallest absolute Gasteiger partial charge is 0.262 e. The molecule has 11 heavy (non-hydrogen) atoms. The highest BCUT2D eigenvalue weighted by Crippen LogP contribution is 2.16. The molecule has 0 spiro atoms. The van der Waals surface area contributed by atoms with Crippen LogP contribution in [0.25, 0.3) is 0 Å². The van der Waals surface area contributed by atoms with Crippen LogP contribution in [0, 0.1) is 0 Å². The van der Waals surface area contributed by atoms with Gasteiger partial charge in [-0.25, -0.2) is 0 Å². The van der Waals surface area contributed by atoms with E-state index in [-0.39, 0.29) is 5.91 Å². The van der Waals surface area contributed by atoms with E-state index in [1.807, 2.05) is 0 Å². The van der Waals surface area contributed by atoms with E-state index in [1.54, 1.807) is 12.3 Å². The summed E-state index contributed by atoms with van der Waals surface area (Å²) < 4.78 is 0. The van der Waals surface area contributed by atoms with Crippen molar-refractivity contribution in [3.63, 3.8) is 0 Å². The predicted octanol–water partition coefficient (Wildman–Crippen LogP) is -0.484. The highest BCUT2D eigenvalue weighted by Gasteiger charge is 2.24. The van der Waals surface area contributed by atoms with Crippen molar-refractivity contribution in [3.05, 3.63) is 23.5 Å². The lowest BCUT2D eigenvalue weighted by atomic mass is 10.2. The molecule has 0 saturated carbocycles. The van der Waals surface area contributed by atoms with Crippen molar-refractivity contribution in [1.29, 1.82) is 0 Å². The lowest BCUT2D eigenvalue weighted by Gasteiger charge is -2.04. The van der Waals surface area contributed by atoms with E-state index in [0.717, 1.165) is 10.4 Å². The minimum atomic E-state index is -0.256. The van der Waals surface area contributed by atoms with Crippen LogP contribution < -0.4 is 0 Å². The second kappa shape index (κ2) is 2.05. The van der Waals surface area contributed by atoms with Crippen LogP contribution in [-0.2, 0) is 6.54 Å². The average Bonchev–Trinajstić information content (AvgIpc) is 2.30. The van der Waals surface area contributed by atoms with Gasteiger partial charge in [-0.2, -0.15) is 5.10 Å². The van der Waals surface area contributed by atoms with Gasteiger partial charge in [-0.05, 0) is 6.07 Å². The number of fused-ring (bicyclic) bond motifs is 1. The Morgan fingerprint density at radius 1 is 1.64 bits per heavy atom. The fourth-order valence-electron chi connectivity index (χ4n) is 1.06. The van der Waals surface area contributed by atoms with Crippen LogP contribution >= 0.6 is 0 Å². The van der Waals surface area contributed by atoms with Crippen molar-refractivity contribution in [2.24, 2.45) is 0 Å². The number of rotatable bonds is 0. The highest BCUT2D eigenvalue weighted by molar-refractivity contribution is 6.19. The number of aromatic nitrogens is 2. The van der Waals surface area contributed by atoms with E-state index in [2.05, 4.69) is 10.2 Å². The van der Waals surface area contributed by atoms with Gasteiger partial charge in [0.05, 0.1) is 0 Å². The van der Waals surface area contributed by atoms with Crippen molar-refractivity contribution in [1.82, 2.24) is 15.0 Å². The summed E-state index contributed by atoms with van der Waals surface area (Å²) in [5.74, 6) is -0.256. The van der Waals surface area contributed by atoms with Gasteiger partial charge in [0, 0.05) is 18.3 Å². The molecule has 1 aromatic rings. The third-order valence-corrected chi connectivity index (χ3v) is 1.61. The van der Waals surface area contributed by atoms with Gasteiger partial charge in [-0.1, -0.05) is 0 Å². The first-order valence-electron chi connectivity index (χ1n) is 3.16. The Hall–Kier alpha value is -1.39. The summed E-state index contributed by atoms with van der Waals surface area (Å²) in [5.41, 5.74) is 1.21. The molecule has 1 aliphatic rings. The monoisotopic (exact) mass is 145 g/mol. The number of hydrogen-bond donors (Lipinski definition) is 0. The molecule has 1 aromatic heterocycles. The van der Waals surface area contributed by atoms with Gasteiger partial charge in [-0.15, -0.1) is 5.10 Å². The maximum atomic E-state index is 11.1. The number of carbonyl (C=O) groups excluding carboxylic acids is 1. The van der Waals surface area contributed by atoms with Crippen molar-refractivity contribution >= 4 is 13.9 Å². The van der Waals surface area contributed by atoms with Crippen LogP contribution in [0.15, 0.2) is 12.3 Å². The average molecular weight is 145 g/mol. The third-order valence-electron chi connectivity index (χ3n) is 1.61. The molecule has 1 amide bonds. The fourth-order valence-corrected chi connectivity index (χ4v) is 1.06. The van der Waals surface area contributed by atoms with Gasteiger partial charge in [0.2, 0.25) is 7.98 Å². The largest absolute Gasteiger partial charge is 0.387 e. The number of hydrogen-bond acceptors (Lipinski definition) is 3. The summed E-state index contributed by atoms with van der Waals surface area (Å²) in [6, 6.07) is 1.74. The molecule has 0 fully saturated rings. The molecule has 0 aliphatic carbocycles. The first-order chi connectivity index (χ1) is 5.29. The SMILES string of the molecule is [B]N1Cc2ccnnc2C1=O. The summed E-state index contributed by atoms with van der Waals surface area (Å²) >= 11 is 0.